The van der Waals surface area contributed by atoms with Crippen molar-refractivity contribution < 1.29 is 0 Å². The summed E-state index contributed by atoms with van der Waals surface area (Å²) in [5.41, 5.74) is 11.2. The molecule has 0 amide bonds. The van der Waals surface area contributed by atoms with E-state index in [1.54, 1.807) is 11.3 Å². The van der Waals surface area contributed by atoms with E-state index >= 15 is 0 Å². The third-order valence-corrected chi connectivity index (χ3v) is 4.79. The minimum atomic E-state index is 0.915. The van der Waals surface area contributed by atoms with E-state index in [2.05, 4.69) is 24.0 Å². The van der Waals surface area contributed by atoms with Gasteiger partial charge < -0.3 is 5.73 Å². The Morgan fingerprint density at radius 1 is 1.35 bits per heavy atom. The summed E-state index contributed by atoms with van der Waals surface area (Å²) in [6.45, 7) is 4.12. The Labute approximate surface area is 110 Å². The van der Waals surface area contributed by atoms with Crippen molar-refractivity contribution in [3.05, 3.63) is 39.8 Å². The molecule has 1 aromatic carbocycles. The second kappa shape index (κ2) is 5.56. The molecule has 2 aromatic rings. The molecule has 2 rings (SSSR count). The van der Waals surface area contributed by atoms with Crippen molar-refractivity contribution in [2.45, 2.75) is 25.2 Å². The minimum Gasteiger partial charge on any atom is -0.398 e. The first-order valence-electron chi connectivity index (χ1n) is 5.55. The lowest BCUT2D eigenvalue weighted by molar-refractivity contribution is 1.12. The predicted molar refractivity (Wildman–Crippen MR) is 76.9 cm³/mol. The van der Waals surface area contributed by atoms with Gasteiger partial charge in [0.15, 0.2) is 0 Å². The van der Waals surface area contributed by atoms with Crippen LogP contribution in [-0.4, -0.2) is 10.7 Å². The fraction of sp³-hybridized carbons (Fsp3) is 0.308. The zero-order valence-electron chi connectivity index (χ0n) is 10.1. The number of aromatic nitrogens is 1. The van der Waals surface area contributed by atoms with Gasteiger partial charge in [-0.2, -0.15) is 0 Å². The average Bonchev–Trinajstić information content (AvgIpc) is 2.71. The molecule has 2 nitrogen and oxygen atoms in total. The summed E-state index contributed by atoms with van der Waals surface area (Å²) in [5, 5.41) is 0. The molecular weight excluding hydrogens is 248 g/mol. The molecule has 0 atom stereocenters. The number of hydrogen-bond donors (Lipinski definition) is 1. The summed E-state index contributed by atoms with van der Waals surface area (Å²) in [6.07, 6.45) is 1.06. The van der Waals surface area contributed by atoms with Gasteiger partial charge in [0.2, 0.25) is 0 Å². The summed E-state index contributed by atoms with van der Waals surface area (Å²) in [6, 6.07) is 6.20. The summed E-state index contributed by atoms with van der Waals surface area (Å²) in [4.78, 5) is 6.82. The van der Waals surface area contributed by atoms with E-state index in [1.165, 1.54) is 9.77 Å². The third kappa shape index (κ3) is 3.01. The molecule has 0 saturated heterocycles. The molecule has 17 heavy (non-hydrogen) atoms. The first-order chi connectivity index (χ1) is 8.18. The number of aryl methyl sites for hydroxylation is 3. The second-order valence-electron chi connectivity index (χ2n) is 3.95. The lowest BCUT2D eigenvalue weighted by Crippen LogP contribution is -1.94. The average molecular weight is 264 g/mol. The van der Waals surface area contributed by atoms with Crippen LogP contribution in [0.15, 0.2) is 28.6 Å². The molecule has 0 aliphatic rings. The van der Waals surface area contributed by atoms with Crippen molar-refractivity contribution in [2.24, 2.45) is 0 Å². The highest BCUT2D eigenvalue weighted by Gasteiger charge is 2.04. The van der Waals surface area contributed by atoms with Crippen LogP contribution < -0.4 is 5.73 Å². The van der Waals surface area contributed by atoms with E-state index in [1.807, 2.05) is 30.3 Å². The van der Waals surface area contributed by atoms with Crippen molar-refractivity contribution in [2.75, 3.05) is 11.5 Å². The fourth-order valence-corrected chi connectivity index (χ4v) is 3.53. The molecule has 1 aromatic heterocycles. The molecular formula is C13H16N2S2. The maximum atomic E-state index is 6.04. The number of benzene rings is 1. The SMILES string of the molecule is Cc1cccc(SCCc2scnc2C)c1N. The van der Waals surface area contributed by atoms with Crippen LogP contribution in [0, 0.1) is 13.8 Å². The zero-order chi connectivity index (χ0) is 12.3. The highest BCUT2D eigenvalue weighted by atomic mass is 32.2. The van der Waals surface area contributed by atoms with Crippen LogP contribution in [-0.2, 0) is 6.42 Å². The molecule has 90 valence electrons. The Kier molecular flexibility index (Phi) is 4.07. The van der Waals surface area contributed by atoms with E-state index in [9.17, 15) is 0 Å². The van der Waals surface area contributed by atoms with Gasteiger partial charge in [0, 0.05) is 21.2 Å². The Morgan fingerprint density at radius 3 is 2.88 bits per heavy atom. The number of anilines is 1. The monoisotopic (exact) mass is 264 g/mol. The number of hydrogen-bond acceptors (Lipinski definition) is 4. The molecule has 0 fully saturated rings. The van der Waals surface area contributed by atoms with Crippen molar-refractivity contribution in [1.82, 2.24) is 4.98 Å². The molecule has 0 bridgehead atoms. The smallest absolute Gasteiger partial charge is 0.0797 e. The molecule has 4 heteroatoms. The van der Waals surface area contributed by atoms with E-state index < -0.39 is 0 Å². The molecule has 1 heterocycles. The van der Waals surface area contributed by atoms with E-state index in [-0.39, 0.29) is 0 Å². The lowest BCUT2D eigenvalue weighted by atomic mass is 10.2. The van der Waals surface area contributed by atoms with Crippen LogP contribution in [0.5, 0.6) is 0 Å². The number of para-hydroxylation sites is 1. The van der Waals surface area contributed by atoms with Crippen molar-refractivity contribution in [3.8, 4) is 0 Å². The molecule has 0 aliphatic heterocycles. The highest BCUT2D eigenvalue weighted by molar-refractivity contribution is 7.99. The molecule has 0 radical (unpaired) electrons. The quantitative estimate of drug-likeness (QED) is 0.676. The van der Waals surface area contributed by atoms with Crippen LogP contribution in [0.4, 0.5) is 5.69 Å². The largest absolute Gasteiger partial charge is 0.398 e. The van der Waals surface area contributed by atoms with Gasteiger partial charge in [-0.1, -0.05) is 12.1 Å². The number of thiazole rings is 1. The second-order valence-corrected chi connectivity index (χ2v) is 6.02. The first kappa shape index (κ1) is 12.5. The Balaban J connectivity index is 1.95. The molecule has 0 unspecified atom stereocenters. The van der Waals surface area contributed by atoms with Gasteiger partial charge in [-0.15, -0.1) is 23.1 Å². The Hall–Kier alpha value is -1.00. The third-order valence-electron chi connectivity index (χ3n) is 2.72. The summed E-state index contributed by atoms with van der Waals surface area (Å²) in [7, 11) is 0. The Bertz CT molecular complexity index is 506. The maximum Gasteiger partial charge on any atom is 0.0797 e. The van der Waals surface area contributed by atoms with Crippen LogP contribution in [0.25, 0.3) is 0 Å². The normalized spacial score (nSPS) is 10.7. The number of nitrogens with two attached hydrogens (primary N) is 1. The van der Waals surface area contributed by atoms with Gasteiger partial charge in [-0.05, 0) is 31.9 Å². The molecule has 0 spiro atoms. The van der Waals surface area contributed by atoms with Crippen LogP contribution in [0.1, 0.15) is 16.1 Å². The van der Waals surface area contributed by atoms with Gasteiger partial charge in [0.05, 0.1) is 11.2 Å². The van der Waals surface area contributed by atoms with Gasteiger partial charge in [0.1, 0.15) is 0 Å². The van der Waals surface area contributed by atoms with Crippen LogP contribution in [0.3, 0.4) is 0 Å². The van der Waals surface area contributed by atoms with Crippen molar-refractivity contribution in [1.29, 1.82) is 0 Å². The topological polar surface area (TPSA) is 38.9 Å². The molecule has 0 saturated carbocycles. The van der Waals surface area contributed by atoms with Gasteiger partial charge >= 0.3 is 0 Å². The van der Waals surface area contributed by atoms with Crippen LogP contribution >= 0.6 is 23.1 Å². The van der Waals surface area contributed by atoms with E-state index in [0.717, 1.165) is 29.1 Å². The van der Waals surface area contributed by atoms with Crippen molar-refractivity contribution >= 4 is 28.8 Å². The molecule has 0 aliphatic carbocycles. The fourth-order valence-electron chi connectivity index (χ4n) is 1.60. The van der Waals surface area contributed by atoms with Gasteiger partial charge in [-0.3, -0.25) is 0 Å². The highest BCUT2D eigenvalue weighted by Crippen LogP contribution is 2.28. The lowest BCUT2D eigenvalue weighted by Gasteiger charge is -2.07. The van der Waals surface area contributed by atoms with Crippen molar-refractivity contribution in [3.63, 3.8) is 0 Å². The number of rotatable bonds is 4. The summed E-state index contributed by atoms with van der Waals surface area (Å²) < 4.78 is 0. The van der Waals surface area contributed by atoms with E-state index in [0.29, 0.717) is 0 Å². The number of nitrogens with zero attached hydrogens (tertiary/aromatic N) is 1. The number of thioether (sulfide) groups is 1. The zero-order valence-corrected chi connectivity index (χ0v) is 11.7. The summed E-state index contributed by atoms with van der Waals surface area (Å²) in [5.74, 6) is 1.05. The summed E-state index contributed by atoms with van der Waals surface area (Å²) >= 11 is 3.56. The maximum absolute atomic E-state index is 6.04. The van der Waals surface area contributed by atoms with Gasteiger partial charge in [0.25, 0.3) is 0 Å². The van der Waals surface area contributed by atoms with Crippen LogP contribution in [0.2, 0.25) is 0 Å². The number of nitrogen functional groups attached to an aromatic ring is 1. The molecule has 2 N–H and O–H groups in total. The van der Waals surface area contributed by atoms with Gasteiger partial charge in [-0.25, -0.2) is 4.98 Å². The Morgan fingerprint density at radius 2 is 2.18 bits per heavy atom. The minimum absolute atomic E-state index is 0.915. The standard InChI is InChI=1S/C13H16N2S2/c1-9-4-3-5-12(13(9)14)16-7-6-11-10(2)15-8-17-11/h3-5,8H,6-7,14H2,1-2H3. The van der Waals surface area contributed by atoms with E-state index in [4.69, 9.17) is 5.73 Å². The predicted octanol–water partition coefficient (Wildman–Crippen LogP) is 3.68. The first-order valence-corrected chi connectivity index (χ1v) is 7.42.